The number of nitrogens with zero attached hydrogens (tertiary/aromatic N) is 1. The van der Waals surface area contributed by atoms with Gasteiger partial charge in [-0.05, 0) is 17.7 Å². The Labute approximate surface area is 150 Å². The Kier molecular flexibility index (Phi) is 4.37. The lowest BCUT2D eigenvalue weighted by Gasteiger charge is -2.13. The van der Waals surface area contributed by atoms with Crippen LogP contribution in [0.3, 0.4) is 0 Å². The van der Waals surface area contributed by atoms with Gasteiger partial charge in [-0.15, -0.1) is 0 Å². The number of carbonyl (C=O) groups excluding carboxylic acids is 2. The highest BCUT2D eigenvalue weighted by molar-refractivity contribution is 9.10. The van der Waals surface area contributed by atoms with Crippen LogP contribution in [0.4, 0.5) is 5.69 Å². The zero-order valence-corrected chi connectivity index (χ0v) is 14.2. The molecule has 2 N–H and O–H groups in total. The number of Topliss-reactive ketones (excluding diaryl/α,β-unsaturated/α-hetero) is 1. The molecule has 0 saturated carbocycles. The highest BCUT2D eigenvalue weighted by Gasteiger charge is 2.39. The third kappa shape index (κ3) is 3.16. The Morgan fingerprint density at radius 2 is 1.84 bits per heavy atom. The van der Waals surface area contributed by atoms with Crippen molar-refractivity contribution in [3.8, 4) is 0 Å². The highest BCUT2D eigenvalue weighted by Crippen LogP contribution is 2.34. The number of nitrogens with one attached hydrogen (secondary N) is 1. The van der Waals surface area contributed by atoms with Gasteiger partial charge in [0.2, 0.25) is 0 Å². The summed E-state index contributed by atoms with van der Waals surface area (Å²) in [5, 5.41) is 23.9. The molecule has 3 rings (SSSR count). The lowest BCUT2D eigenvalue weighted by Crippen LogP contribution is -2.21. The van der Waals surface area contributed by atoms with Crippen molar-refractivity contribution in [2.45, 2.75) is 6.04 Å². The summed E-state index contributed by atoms with van der Waals surface area (Å²) in [5.41, 5.74) is 0.395. The highest BCUT2D eigenvalue weighted by atomic mass is 79.9. The molecule has 1 amide bonds. The summed E-state index contributed by atoms with van der Waals surface area (Å²) in [5.74, 6) is -2.07. The van der Waals surface area contributed by atoms with Crippen molar-refractivity contribution >= 4 is 39.1 Å². The van der Waals surface area contributed by atoms with Gasteiger partial charge in [0.15, 0.2) is 0 Å². The molecule has 2 aromatic rings. The fraction of sp³-hybridized carbons (Fsp3) is 0.0588. The third-order valence-corrected chi connectivity index (χ3v) is 4.33. The van der Waals surface area contributed by atoms with Crippen molar-refractivity contribution in [3.63, 3.8) is 0 Å². The molecule has 1 atom stereocenters. The Hall–Kier alpha value is -3.00. The molecule has 0 spiro atoms. The molecule has 0 aromatic heterocycles. The summed E-state index contributed by atoms with van der Waals surface area (Å²) in [6.45, 7) is 0. The molecule has 0 radical (unpaired) electrons. The number of hydrogen-bond acceptors (Lipinski definition) is 5. The largest absolute Gasteiger partial charge is 0.507 e. The first-order valence-corrected chi connectivity index (χ1v) is 7.96. The molecule has 1 aliphatic rings. The van der Waals surface area contributed by atoms with Crippen molar-refractivity contribution < 1.29 is 19.6 Å². The molecule has 1 fully saturated rings. The smallest absolute Gasteiger partial charge is 0.293 e. The van der Waals surface area contributed by atoms with E-state index in [4.69, 9.17) is 0 Å². The zero-order chi connectivity index (χ0) is 18.1. The Bertz CT molecular complexity index is 921. The first-order valence-electron chi connectivity index (χ1n) is 7.17. The van der Waals surface area contributed by atoms with Crippen molar-refractivity contribution in [2.24, 2.45) is 0 Å². The number of amides is 1. The molecule has 1 aliphatic heterocycles. The van der Waals surface area contributed by atoms with Crippen molar-refractivity contribution in [3.05, 3.63) is 79.8 Å². The van der Waals surface area contributed by atoms with Crippen LogP contribution in [0.5, 0.6) is 0 Å². The normalized spacial score (nSPS) is 18.8. The number of aliphatic hydroxyl groups is 1. The molecule has 2 aromatic carbocycles. The fourth-order valence-electron chi connectivity index (χ4n) is 2.60. The first kappa shape index (κ1) is 16.8. The molecule has 25 heavy (non-hydrogen) atoms. The van der Waals surface area contributed by atoms with Gasteiger partial charge in [-0.25, -0.2) is 0 Å². The topological polar surface area (TPSA) is 110 Å². The van der Waals surface area contributed by atoms with Crippen LogP contribution in [0.25, 0.3) is 5.76 Å². The van der Waals surface area contributed by atoms with E-state index in [1.807, 2.05) is 0 Å². The second kappa shape index (κ2) is 6.48. The van der Waals surface area contributed by atoms with Gasteiger partial charge in [0.25, 0.3) is 17.4 Å². The number of nitro benzene ring substituents is 1. The lowest BCUT2D eigenvalue weighted by molar-refractivity contribution is -0.384. The van der Waals surface area contributed by atoms with Crippen LogP contribution in [-0.4, -0.2) is 21.7 Å². The van der Waals surface area contributed by atoms with Gasteiger partial charge in [0.05, 0.1) is 16.5 Å². The van der Waals surface area contributed by atoms with E-state index in [0.717, 1.165) is 4.47 Å². The van der Waals surface area contributed by atoms with E-state index in [1.54, 1.807) is 30.3 Å². The predicted octanol–water partition coefficient (Wildman–Crippen LogP) is 3.07. The van der Waals surface area contributed by atoms with Gasteiger partial charge in [0, 0.05) is 22.2 Å². The van der Waals surface area contributed by atoms with Gasteiger partial charge < -0.3 is 10.4 Å². The number of halogens is 1. The third-order valence-electron chi connectivity index (χ3n) is 3.80. The van der Waals surface area contributed by atoms with Crippen LogP contribution in [0.2, 0.25) is 0 Å². The molecule has 8 heteroatoms. The van der Waals surface area contributed by atoms with Crippen LogP contribution in [-0.2, 0) is 9.59 Å². The van der Waals surface area contributed by atoms with E-state index in [2.05, 4.69) is 21.2 Å². The monoisotopic (exact) mass is 402 g/mol. The van der Waals surface area contributed by atoms with Crippen molar-refractivity contribution in [1.29, 1.82) is 0 Å². The maximum atomic E-state index is 12.2. The average molecular weight is 403 g/mol. The zero-order valence-electron chi connectivity index (χ0n) is 12.6. The maximum Gasteiger partial charge on any atom is 0.293 e. The summed E-state index contributed by atoms with van der Waals surface area (Å²) in [7, 11) is 0. The molecular weight excluding hydrogens is 392 g/mol. The number of non-ortho nitro benzene ring substituents is 1. The summed E-state index contributed by atoms with van der Waals surface area (Å²) in [6, 6.07) is 11.2. The minimum absolute atomic E-state index is 0.132. The van der Waals surface area contributed by atoms with Gasteiger partial charge in [-0.3, -0.25) is 19.7 Å². The quantitative estimate of drug-likeness (QED) is 0.269. The summed E-state index contributed by atoms with van der Waals surface area (Å²) in [4.78, 5) is 34.4. The van der Waals surface area contributed by atoms with Crippen molar-refractivity contribution in [1.82, 2.24) is 5.32 Å². The van der Waals surface area contributed by atoms with E-state index in [0.29, 0.717) is 11.1 Å². The van der Waals surface area contributed by atoms with E-state index in [9.17, 15) is 24.8 Å². The van der Waals surface area contributed by atoms with E-state index in [1.165, 1.54) is 18.2 Å². The summed E-state index contributed by atoms with van der Waals surface area (Å²) < 4.78 is 0.788. The number of carbonyl (C=O) groups is 2. The standard InChI is InChI=1S/C17H11BrN2O5/c18-11-6-4-9(5-7-11)15(21)13-14(19-17(23)16(13)22)10-2-1-3-12(8-10)20(24)25/h1-8,14,21H,(H,19,23)/b15-13+. The van der Waals surface area contributed by atoms with Gasteiger partial charge in [0.1, 0.15) is 5.76 Å². The van der Waals surface area contributed by atoms with E-state index >= 15 is 0 Å². The maximum absolute atomic E-state index is 12.2. The van der Waals surface area contributed by atoms with E-state index in [-0.39, 0.29) is 17.0 Å². The molecule has 126 valence electrons. The Morgan fingerprint density at radius 3 is 2.48 bits per heavy atom. The minimum atomic E-state index is -0.955. The summed E-state index contributed by atoms with van der Waals surface area (Å²) in [6.07, 6.45) is 0. The number of nitro groups is 1. The van der Waals surface area contributed by atoms with Gasteiger partial charge in [-0.1, -0.05) is 40.2 Å². The molecule has 7 nitrogen and oxygen atoms in total. The van der Waals surface area contributed by atoms with E-state index < -0.39 is 22.7 Å². The second-order valence-electron chi connectivity index (χ2n) is 5.36. The number of rotatable bonds is 3. The van der Waals surface area contributed by atoms with Crippen LogP contribution in [0.1, 0.15) is 17.2 Å². The number of benzene rings is 2. The molecule has 1 saturated heterocycles. The number of aliphatic hydroxyl groups excluding tert-OH is 1. The van der Waals surface area contributed by atoms with Crippen LogP contribution >= 0.6 is 15.9 Å². The fourth-order valence-corrected chi connectivity index (χ4v) is 2.86. The molecular formula is C17H11BrN2O5. The molecule has 0 bridgehead atoms. The Morgan fingerprint density at radius 1 is 1.16 bits per heavy atom. The van der Waals surface area contributed by atoms with Gasteiger partial charge in [-0.2, -0.15) is 0 Å². The number of ketones is 1. The number of hydrogen-bond donors (Lipinski definition) is 2. The molecule has 1 heterocycles. The Balaban J connectivity index is 2.12. The van der Waals surface area contributed by atoms with Crippen molar-refractivity contribution in [2.75, 3.05) is 0 Å². The average Bonchev–Trinajstić information content (AvgIpc) is 2.90. The van der Waals surface area contributed by atoms with Gasteiger partial charge >= 0.3 is 0 Å². The first-order chi connectivity index (χ1) is 11.9. The molecule has 0 aliphatic carbocycles. The predicted molar refractivity (Wildman–Crippen MR) is 92.7 cm³/mol. The molecule has 1 unspecified atom stereocenters. The minimum Gasteiger partial charge on any atom is -0.507 e. The lowest BCUT2D eigenvalue weighted by atomic mass is 9.95. The summed E-state index contributed by atoms with van der Waals surface area (Å²) >= 11 is 3.27. The van der Waals surface area contributed by atoms with Crippen LogP contribution < -0.4 is 5.32 Å². The van der Waals surface area contributed by atoms with Crippen LogP contribution in [0, 0.1) is 10.1 Å². The second-order valence-corrected chi connectivity index (χ2v) is 6.27. The van der Waals surface area contributed by atoms with Crippen LogP contribution in [0.15, 0.2) is 58.6 Å². The SMILES string of the molecule is O=C1NC(c2cccc([N+](=O)[O-])c2)/C(=C(\O)c2ccc(Br)cc2)C1=O.